The first kappa shape index (κ1) is 12.7. The summed E-state index contributed by atoms with van der Waals surface area (Å²) >= 11 is 0. The van der Waals surface area contributed by atoms with Crippen LogP contribution in [-0.2, 0) is 0 Å². The molecule has 2 heterocycles. The standard InChI is InChI=1S/C18H21N3O/c22-17(15-1-2-21-11-19-10-16(21)6-15)20-18-7-12-3-13(8-18)5-14(4-12)9-18/h1-2,6,10-14H,3-5,7-9H2,(H,20,22). The largest absolute Gasteiger partial charge is 0.347 e. The molecule has 0 spiro atoms. The first-order valence-electron chi connectivity index (χ1n) is 8.43. The summed E-state index contributed by atoms with van der Waals surface area (Å²) < 4.78 is 1.93. The zero-order valence-corrected chi connectivity index (χ0v) is 12.7. The molecule has 22 heavy (non-hydrogen) atoms. The molecule has 4 fully saturated rings. The molecular weight excluding hydrogens is 274 g/mol. The second-order valence-corrected chi connectivity index (χ2v) is 7.79. The summed E-state index contributed by atoms with van der Waals surface area (Å²) in [5.41, 5.74) is 1.81. The van der Waals surface area contributed by atoms with E-state index in [2.05, 4.69) is 10.3 Å². The number of hydrogen-bond donors (Lipinski definition) is 1. The van der Waals surface area contributed by atoms with E-state index in [4.69, 9.17) is 0 Å². The van der Waals surface area contributed by atoms with Gasteiger partial charge in [0.25, 0.3) is 5.91 Å². The van der Waals surface area contributed by atoms with Crippen molar-refractivity contribution in [2.45, 2.75) is 44.1 Å². The highest BCUT2D eigenvalue weighted by Gasteiger charge is 2.51. The summed E-state index contributed by atoms with van der Waals surface area (Å²) in [4.78, 5) is 16.9. The maximum absolute atomic E-state index is 12.8. The SMILES string of the molecule is O=C(NC12CC3CC(CC(C3)C1)C2)c1ccn2cncc2c1. The molecule has 114 valence electrons. The summed E-state index contributed by atoms with van der Waals surface area (Å²) in [5.74, 6) is 2.64. The number of hydrogen-bond acceptors (Lipinski definition) is 2. The van der Waals surface area contributed by atoms with Crippen molar-refractivity contribution < 1.29 is 4.79 Å². The van der Waals surface area contributed by atoms with Gasteiger partial charge in [0.2, 0.25) is 0 Å². The molecule has 4 aliphatic rings. The van der Waals surface area contributed by atoms with Crippen LogP contribution in [-0.4, -0.2) is 20.8 Å². The van der Waals surface area contributed by atoms with Crippen LogP contribution in [0.25, 0.3) is 5.52 Å². The van der Waals surface area contributed by atoms with Crippen LogP contribution in [0.4, 0.5) is 0 Å². The van der Waals surface area contributed by atoms with E-state index in [0.717, 1.165) is 28.8 Å². The van der Waals surface area contributed by atoms with E-state index in [0.29, 0.717) is 0 Å². The molecule has 6 rings (SSSR count). The van der Waals surface area contributed by atoms with Crippen LogP contribution in [0.2, 0.25) is 0 Å². The Kier molecular flexibility index (Phi) is 2.50. The van der Waals surface area contributed by atoms with Gasteiger partial charge in [-0.15, -0.1) is 0 Å². The average molecular weight is 295 g/mol. The lowest BCUT2D eigenvalue weighted by molar-refractivity contribution is -0.0167. The summed E-state index contributed by atoms with van der Waals surface area (Å²) in [5, 5.41) is 3.43. The molecule has 1 N–H and O–H groups in total. The number of nitrogens with zero attached hydrogens (tertiary/aromatic N) is 2. The number of nitrogens with one attached hydrogen (secondary N) is 1. The van der Waals surface area contributed by atoms with Gasteiger partial charge in [-0.05, 0) is 68.4 Å². The molecule has 0 aliphatic heterocycles. The smallest absolute Gasteiger partial charge is 0.251 e. The Hall–Kier alpha value is -1.84. The average Bonchev–Trinajstić information content (AvgIpc) is 2.92. The van der Waals surface area contributed by atoms with Crippen LogP contribution in [0.5, 0.6) is 0 Å². The van der Waals surface area contributed by atoms with Crippen molar-refractivity contribution >= 4 is 11.4 Å². The van der Waals surface area contributed by atoms with Crippen LogP contribution < -0.4 is 5.32 Å². The quantitative estimate of drug-likeness (QED) is 0.925. The molecule has 4 bridgehead atoms. The fraction of sp³-hybridized carbons (Fsp3) is 0.556. The van der Waals surface area contributed by atoms with Crippen molar-refractivity contribution in [2.75, 3.05) is 0 Å². The van der Waals surface area contributed by atoms with Gasteiger partial charge < -0.3 is 9.72 Å². The van der Waals surface area contributed by atoms with Gasteiger partial charge in [0.15, 0.2) is 0 Å². The van der Waals surface area contributed by atoms with Crippen molar-refractivity contribution in [3.05, 3.63) is 36.4 Å². The molecular formula is C18H21N3O. The molecule has 0 radical (unpaired) electrons. The Morgan fingerprint density at radius 2 is 1.86 bits per heavy atom. The molecule has 0 unspecified atom stereocenters. The number of fused-ring (bicyclic) bond motifs is 1. The van der Waals surface area contributed by atoms with E-state index in [-0.39, 0.29) is 11.4 Å². The molecule has 4 saturated carbocycles. The van der Waals surface area contributed by atoms with Crippen LogP contribution in [0.15, 0.2) is 30.9 Å². The number of rotatable bonds is 2. The maximum atomic E-state index is 12.8. The first-order chi connectivity index (χ1) is 10.7. The van der Waals surface area contributed by atoms with E-state index in [1.165, 1.54) is 38.5 Å². The number of imidazole rings is 1. The Labute approximate surface area is 129 Å². The molecule has 4 heteroatoms. The lowest BCUT2D eigenvalue weighted by Crippen LogP contribution is -2.59. The fourth-order valence-corrected chi connectivity index (χ4v) is 5.64. The van der Waals surface area contributed by atoms with Gasteiger partial charge in [0.1, 0.15) is 0 Å². The van der Waals surface area contributed by atoms with E-state index in [1.54, 1.807) is 12.5 Å². The minimum atomic E-state index is 0.0816. The molecule has 0 atom stereocenters. The molecule has 4 nitrogen and oxygen atoms in total. The first-order valence-corrected chi connectivity index (χ1v) is 8.43. The van der Waals surface area contributed by atoms with Crippen molar-refractivity contribution in [1.29, 1.82) is 0 Å². The normalized spacial score (nSPS) is 35.9. The monoisotopic (exact) mass is 295 g/mol. The summed E-state index contributed by atoms with van der Waals surface area (Å²) in [6, 6.07) is 3.83. The van der Waals surface area contributed by atoms with Gasteiger partial charge >= 0.3 is 0 Å². The molecule has 2 aromatic heterocycles. The summed E-state index contributed by atoms with van der Waals surface area (Å²) in [6.45, 7) is 0. The molecule has 0 aromatic carbocycles. The van der Waals surface area contributed by atoms with Crippen LogP contribution in [0, 0.1) is 17.8 Å². The summed E-state index contributed by atoms with van der Waals surface area (Å²) in [7, 11) is 0. The van der Waals surface area contributed by atoms with Crippen molar-refractivity contribution in [2.24, 2.45) is 17.8 Å². The predicted molar refractivity (Wildman–Crippen MR) is 83.6 cm³/mol. The number of aromatic nitrogens is 2. The van der Waals surface area contributed by atoms with Crippen molar-refractivity contribution in [1.82, 2.24) is 14.7 Å². The zero-order chi connectivity index (χ0) is 14.7. The van der Waals surface area contributed by atoms with Gasteiger partial charge in [0.05, 0.1) is 18.0 Å². The third kappa shape index (κ3) is 1.89. The van der Waals surface area contributed by atoms with Gasteiger partial charge in [-0.1, -0.05) is 0 Å². The molecule has 2 aromatic rings. The minimum Gasteiger partial charge on any atom is -0.347 e. The van der Waals surface area contributed by atoms with Gasteiger partial charge in [-0.25, -0.2) is 4.98 Å². The van der Waals surface area contributed by atoms with E-state index in [1.807, 2.05) is 22.7 Å². The van der Waals surface area contributed by atoms with Crippen molar-refractivity contribution in [3.8, 4) is 0 Å². The van der Waals surface area contributed by atoms with Gasteiger partial charge in [-0.2, -0.15) is 0 Å². The predicted octanol–water partition coefficient (Wildman–Crippen LogP) is 3.03. The third-order valence-corrected chi connectivity index (χ3v) is 6.09. The summed E-state index contributed by atoms with van der Waals surface area (Å²) in [6.07, 6.45) is 13.2. The van der Waals surface area contributed by atoms with E-state index >= 15 is 0 Å². The van der Waals surface area contributed by atoms with Gasteiger partial charge in [-0.3, -0.25) is 4.79 Å². The molecule has 4 aliphatic carbocycles. The van der Waals surface area contributed by atoms with E-state index in [9.17, 15) is 4.79 Å². The van der Waals surface area contributed by atoms with Gasteiger partial charge in [0, 0.05) is 17.3 Å². The van der Waals surface area contributed by atoms with E-state index < -0.39 is 0 Å². The topological polar surface area (TPSA) is 46.4 Å². The highest BCUT2D eigenvalue weighted by molar-refractivity contribution is 5.95. The Morgan fingerprint density at radius 1 is 1.18 bits per heavy atom. The minimum absolute atomic E-state index is 0.0816. The number of carbonyl (C=O) groups is 1. The second-order valence-electron chi connectivity index (χ2n) is 7.79. The Balaban J connectivity index is 1.42. The lowest BCUT2D eigenvalue weighted by atomic mass is 9.53. The highest BCUT2D eigenvalue weighted by Crippen LogP contribution is 2.55. The number of amides is 1. The Morgan fingerprint density at radius 3 is 2.55 bits per heavy atom. The third-order valence-electron chi connectivity index (χ3n) is 6.09. The van der Waals surface area contributed by atoms with Crippen LogP contribution >= 0.6 is 0 Å². The number of carbonyl (C=O) groups excluding carboxylic acids is 1. The molecule has 0 saturated heterocycles. The van der Waals surface area contributed by atoms with Crippen LogP contribution in [0.3, 0.4) is 0 Å². The lowest BCUT2D eigenvalue weighted by Gasteiger charge is -2.56. The second kappa shape index (κ2) is 4.34. The van der Waals surface area contributed by atoms with Crippen LogP contribution in [0.1, 0.15) is 48.9 Å². The zero-order valence-electron chi connectivity index (χ0n) is 12.7. The maximum Gasteiger partial charge on any atom is 0.251 e. The highest BCUT2D eigenvalue weighted by atomic mass is 16.1. The number of pyridine rings is 1. The Bertz CT molecular complexity index is 712. The molecule has 1 amide bonds. The van der Waals surface area contributed by atoms with Crippen molar-refractivity contribution in [3.63, 3.8) is 0 Å². The fourth-order valence-electron chi connectivity index (χ4n) is 5.64.